The van der Waals surface area contributed by atoms with Gasteiger partial charge in [0.25, 0.3) is 0 Å². The molecule has 24 heavy (non-hydrogen) atoms. The average molecular weight is 508 g/mol. The maximum atomic E-state index is 2.44. The van der Waals surface area contributed by atoms with Crippen LogP contribution in [0.2, 0.25) is 0 Å². The van der Waals surface area contributed by atoms with Gasteiger partial charge in [-0.1, -0.05) is 67.2 Å². The molecule has 4 heteroatoms. The Morgan fingerprint density at radius 3 is 1.12 bits per heavy atom. The van der Waals surface area contributed by atoms with Crippen LogP contribution in [0.4, 0.5) is 0 Å². The quantitative estimate of drug-likeness (QED) is 0.153. The van der Waals surface area contributed by atoms with Crippen molar-refractivity contribution in [2.45, 2.75) is 80.1 Å². The van der Waals surface area contributed by atoms with E-state index in [0.29, 0.717) is 15.8 Å². The number of rotatable bonds is 15. The molecule has 0 saturated carbocycles. The molecule has 0 aliphatic rings. The fourth-order valence-electron chi connectivity index (χ4n) is 2.91. The lowest BCUT2D eigenvalue weighted by Gasteiger charge is -2.21. The van der Waals surface area contributed by atoms with Gasteiger partial charge >= 0.3 is 0 Å². The van der Waals surface area contributed by atoms with Crippen LogP contribution in [-0.4, -0.2) is 37.0 Å². The lowest BCUT2D eigenvalue weighted by atomic mass is 10.1. The molecule has 0 spiro atoms. The summed E-state index contributed by atoms with van der Waals surface area (Å²) in [6.07, 6.45) is 18.0. The maximum Gasteiger partial charge on any atom is -0.0286 e. The lowest BCUT2D eigenvalue weighted by Crippen LogP contribution is -2.01. The van der Waals surface area contributed by atoms with Crippen LogP contribution in [0.5, 0.6) is 0 Å². The van der Waals surface area contributed by atoms with E-state index in [-0.39, 0.29) is 34.0 Å². The molecule has 0 rings (SSSR count). The summed E-state index contributed by atoms with van der Waals surface area (Å²) < 4.78 is 0. The van der Waals surface area contributed by atoms with Crippen molar-refractivity contribution in [2.75, 3.05) is 37.0 Å². The third kappa shape index (κ3) is 20.1. The van der Waals surface area contributed by atoms with E-state index >= 15 is 0 Å². The minimum atomic E-state index is 0. The van der Waals surface area contributed by atoms with E-state index in [0.717, 1.165) is 11.8 Å². The summed E-state index contributed by atoms with van der Waals surface area (Å²) in [7, 11) is 0.720. The third-order valence-electron chi connectivity index (χ3n) is 4.64. The van der Waals surface area contributed by atoms with Crippen molar-refractivity contribution in [2.24, 2.45) is 11.8 Å². The van der Waals surface area contributed by atoms with Crippen LogP contribution in [0.25, 0.3) is 0 Å². The van der Waals surface area contributed by atoms with Crippen molar-refractivity contribution in [3.8, 4) is 0 Å². The van der Waals surface area contributed by atoms with E-state index in [1.807, 2.05) is 0 Å². The normalized spacial score (nSPS) is 13.5. The third-order valence-corrected chi connectivity index (χ3v) is 10.4. The van der Waals surface area contributed by atoms with Gasteiger partial charge in [0, 0.05) is 0 Å². The van der Waals surface area contributed by atoms with Crippen LogP contribution < -0.4 is 0 Å². The Morgan fingerprint density at radius 1 is 0.542 bits per heavy atom. The molecule has 150 valence electrons. The first-order valence-electron chi connectivity index (χ1n) is 9.94. The zero-order chi connectivity index (χ0) is 16.8. The Kier molecular flexibility index (Phi) is 26.9. The molecule has 0 aromatic carbocycles. The first-order valence-corrected chi connectivity index (χ1v) is 13.7. The van der Waals surface area contributed by atoms with Gasteiger partial charge in [0.1, 0.15) is 0 Å². The monoisotopic (exact) mass is 506 g/mol. The predicted octanol–water partition coefficient (Wildman–Crippen LogP) is 8.80. The fourth-order valence-corrected chi connectivity index (χ4v) is 8.23. The SMILES string of the molecule is Br.Br.CCP(CCCCC(C)C)CCP(CC)CCCCC(C)C. The Labute approximate surface area is 178 Å². The topological polar surface area (TPSA) is 0 Å². The molecule has 0 aliphatic carbocycles. The summed E-state index contributed by atoms with van der Waals surface area (Å²) in [5, 5.41) is 0. The summed E-state index contributed by atoms with van der Waals surface area (Å²) in [5.74, 6) is 1.79. The highest BCUT2D eigenvalue weighted by Crippen LogP contribution is 2.43. The second kappa shape index (κ2) is 21.1. The Hall–Kier alpha value is 1.82. The largest absolute Gasteiger partial charge is 0.114 e. The van der Waals surface area contributed by atoms with Gasteiger partial charge in [-0.25, -0.2) is 0 Å². The van der Waals surface area contributed by atoms with Crippen LogP contribution >= 0.6 is 49.8 Å². The minimum Gasteiger partial charge on any atom is -0.114 e. The number of unbranched alkanes of at least 4 members (excludes halogenated alkanes) is 2. The molecule has 2 unspecified atom stereocenters. The molecule has 0 fully saturated rings. The number of hydrogen-bond donors (Lipinski definition) is 0. The van der Waals surface area contributed by atoms with Gasteiger partial charge < -0.3 is 0 Å². The zero-order valence-corrected chi connectivity index (χ0v) is 22.6. The lowest BCUT2D eigenvalue weighted by molar-refractivity contribution is 0.550. The van der Waals surface area contributed by atoms with Crippen molar-refractivity contribution in [3.63, 3.8) is 0 Å². The Balaban J connectivity index is -0.00000220. The minimum absolute atomic E-state index is 0. The van der Waals surface area contributed by atoms with Crippen molar-refractivity contribution in [3.05, 3.63) is 0 Å². The summed E-state index contributed by atoms with van der Waals surface area (Å²) in [6, 6.07) is 0. The van der Waals surface area contributed by atoms with Gasteiger partial charge in [-0.2, -0.15) is 0 Å². The van der Waals surface area contributed by atoms with Crippen LogP contribution in [0, 0.1) is 11.8 Å². The molecule has 0 bridgehead atoms. The van der Waals surface area contributed by atoms with Gasteiger partial charge in [-0.15, -0.1) is 49.8 Å². The zero-order valence-electron chi connectivity index (χ0n) is 17.4. The molecule has 0 heterocycles. The van der Waals surface area contributed by atoms with E-state index in [4.69, 9.17) is 0 Å². The van der Waals surface area contributed by atoms with E-state index in [1.165, 1.54) is 50.8 Å². The van der Waals surface area contributed by atoms with Gasteiger partial charge in [0.2, 0.25) is 0 Å². The molecule has 0 aromatic heterocycles. The highest BCUT2D eigenvalue weighted by atomic mass is 79.9. The van der Waals surface area contributed by atoms with Gasteiger partial charge in [-0.05, 0) is 61.6 Å². The van der Waals surface area contributed by atoms with E-state index < -0.39 is 0 Å². The summed E-state index contributed by atoms with van der Waals surface area (Å²) >= 11 is 0. The highest BCUT2D eigenvalue weighted by molar-refractivity contribution is 8.93. The standard InChI is InChI=1S/C20H44P2.2BrH/c1-7-21(15-11-9-13-19(3)4)17-18-22(8-2)16-12-10-14-20(5)6;;/h19-20H,7-18H2,1-6H3;2*1H. The molecular weight excluding hydrogens is 462 g/mol. The van der Waals surface area contributed by atoms with Crippen molar-refractivity contribution < 1.29 is 0 Å². The Morgan fingerprint density at radius 2 is 0.875 bits per heavy atom. The van der Waals surface area contributed by atoms with E-state index in [1.54, 1.807) is 24.6 Å². The smallest absolute Gasteiger partial charge is 0.0286 e. The van der Waals surface area contributed by atoms with E-state index in [9.17, 15) is 0 Å². The maximum absolute atomic E-state index is 2.44. The molecular formula is C20H46Br2P2. The first kappa shape index (κ1) is 30.5. The molecule has 0 aromatic rings. The molecule has 0 nitrogen and oxygen atoms in total. The van der Waals surface area contributed by atoms with Crippen LogP contribution in [0.15, 0.2) is 0 Å². The van der Waals surface area contributed by atoms with Crippen molar-refractivity contribution in [1.82, 2.24) is 0 Å². The molecule has 0 aliphatic heterocycles. The molecule has 0 radical (unpaired) electrons. The van der Waals surface area contributed by atoms with Gasteiger partial charge in [0.15, 0.2) is 0 Å². The number of halogens is 2. The van der Waals surface area contributed by atoms with Gasteiger partial charge in [0.05, 0.1) is 0 Å². The molecule has 2 atom stereocenters. The molecule has 0 N–H and O–H groups in total. The van der Waals surface area contributed by atoms with Crippen LogP contribution in [-0.2, 0) is 0 Å². The second-order valence-corrected chi connectivity index (χ2v) is 13.4. The van der Waals surface area contributed by atoms with Crippen LogP contribution in [0.1, 0.15) is 80.1 Å². The van der Waals surface area contributed by atoms with Crippen molar-refractivity contribution >= 4 is 49.8 Å². The van der Waals surface area contributed by atoms with E-state index in [2.05, 4.69) is 41.5 Å². The summed E-state index contributed by atoms with van der Waals surface area (Å²) in [4.78, 5) is 0. The predicted molar refractivity (Wildman–Crippen MR) is 132 cm³/mol. The molecule has 0 saturated heterocycles. The first-order chi connectivity index (χ1) is 10.5. The summed E-state index contributed by atoms with van der Waals surface area (Å²) in [5.41, 5.74) is 0. The fraction of sp³-hybridized carbons (Fsp3) is 1.00. The van der Waals surface area contributed by atoms with Crippen molar-refractivity contribution in [1.29, 1.82) is 0 Å². The average Bonchev–Trinajstić information content (AvgIpc) is 2.47. The molecule has 0 amide bonds. The van der Waals surface area contributed by atoms with Gasteiger partial charge in [-0.3, -0.25) is 0 Å². The Bertz CT molecular complexity index is 212. The highest BCUT2D eigenvalue weighted by Gasteiger charge is 2.10. The second-order valence-electron chi connectivity index (χ2n) is 7.65. The van der Waals surface area contributed by atoms with Crippen LogP contribution in [0.3, 0.4) is 0 Å². The summed E-state index contributed by atoms with van der Waals surface area (Å²) in [6.45, 7) is 14.3. The number of hydrogen-bond acceptors (Lipinski definition) is 0.